The first-order valence-corrected chi connectivity index (χ1v) is 7.55. The number of aromatic nitrogens is 1. The second-order valence-corrected chi connectivity index (χ2v) is 5.39. The predicted octanol–water partition coefficient (Wildman–Crippen LogP) is 4.41. The van der Waals surface area contributed by atoms with Crippen LogP contribution in [0, 0.1) is 0 Å². The van der Waals surface area contributed by atoms with Crippen molar-refractivity contribution < 1.29 is 0 Å². The third-order valence-corrected chi connectivity index (χ3v) is 3.60. The molecule has 2 nitrogen and oxygen atoms in total. The molecule has 0 saturated heterocycles. The van der Waals surface area contributed by atoms with E-state index >= 15 is 0 Å². The Bertz CT molecular complexity index is 513. The van der Waals surface area contributed by atoms with Crippen molar-refractivity contribution in [2.75, 3.05) is 6.54 Å². The molecular weight excluding hydrogens is 268 g/mol. The van der Waals surface area contributed by atoms with Crippen LogP contribution >= 0.6 is 11.6 Å². The SMILES string of the molecule is CCCNC(CCc1ccncc1)c1cccc(Cl)c1. The smallest absolute Gasteiger partial charge is 0.0409 e. The molecule has 0 radical (unpaired) electrons. The summed E-state index contributed by atoms with van der Waals surface area (Å²) in [6.45, 7) is 3.21. The fraction of sp³-hybridized carbons (Fsp3) is 0.353. The number of aryl methyl sites for hydroxylation is 1. The maximum Gasteiger partial charge on any atom is 0.0409 e. The van der Waals surface area contributed by atoms with Gasteiger partial charge in [0.2, 0.25) is 0 Å². The van der Waals surface area contributed by atoms with Crippen molar-refractivity contribution >= 4 is 11.6 Å². The number of nitrogens with one attached hydrogen (secondary N) is 1. The van der Waals surface area contributed by atoms with Gasteiger partial charge in [-0.3, -0.25) is 4.98 Å². The van der Waals surface area contributed by atoms with Gasteiger partial charge in [0.1, 0.15) is 0 Å². The van der Waals surface area contributed by atoms with Gasteiger partial charge in [0.15, 0.2) is 0 Å². The maximum atomic E-state index is 6.10. The molecule has 0 aliphatic heterocycles. The molecule has 1 atom stereocenters. The van der Waals surface area contributed by atoms with Gasteiger partial charge >= 0.3 is 0 Å². The molecule has 1 aromatic carbocycles. The Balaban J connectivity index is 2.03. The maximum absolute atomic E-state index is 6.10. The highest BCUT2D eigenvalue weighted by Crippen LogP contribution is 2.22. The standard InChI is InChI=1S/C17H21ClN2/c1-2-10-20-17(15-4-3-5-16(18)13-15)7-6-14-8-11-19-12-9-14/h3-5,8-9,11-13,17,20H,2,6-7,10H2,1H3. The summed E-state index contributed by atoms with van der Waals surface area (Å²) in [6, 6.07) is 12.6. The Morgan fingerprint density at radius 3 is 2.70 bits per heavy atom. The van der Waals surface area contributed by atoms with Crippen LogP contribution in [0.3, 0.4) is 0 Å². The highest BCUT2D eigenvalue weighted by atomic mass is 35.5. The number of pyridine rings is 1. The van der Waals surface area contributed by atoms with Gasteiger partial charge in [-0.2, -0.15) is 0 Å². The minimum atomic E-state index is 0.349. The van der Waals surface area contributed by atoms with E-state index < -0.39 is 0 Å². The van der Waals surface area contributed by atoms with Crippen LogP contribution in [-0.2, 0) is 6.42 Å². The van der Waals surface area contributed by atoms with Crippen molar-refractivity contribution in [2.45, 2.75) is 32.2 Å². The Labute approximate surface area is 126 Å². The van der Waals surface area contributed by atoms with E-state index in [1.807, 2.05) is 24.5 Å². The summed E-state index contributed by atoms with van der Waals surface area (Å²) in [5.74, 6) is 0. The number of rotatable bonds is 7. The molecular formula is C17H21ClN2. The summed E-state index contributed by atoms with van der Waals surface area (Å²) >= 11 is 6.10. The topological polar surface area (TPSA) is 24.9 Å². The Morgan fingerprint density at radius 2 is 2.00 bits per heavy atom. The third-order valence-electron chi connectivity index (χ3n) is 3.36. The van der Waals surface area contributed by atoms with Gasteiger partial charge < -0.3 is 5.32 Å². The van der Waals surface area contributed by atoms with Crippen LogP contribution in [0.1, 0.15) is 36.9 Å². The van der Waals surface area contributed by atoms with E-state index in [1.54, 1.807) is 0 Å². The molecule has 1 aromatic heterocycles. The number of benzene rings is 1. The van der Waals surface area contributed by atoms with Crippen LogP contribution in [0.15, 0.2) is 48.8 Å². The molecule has 106 valence electrons. The van der Waals surface area contributed by atoms with Gasteiger partial charge in [0.05, 0.1) is 0 Å². The van der Waals surface area contributed by atoms with Crippen LogP contribution in [-0.4, -0.2) is 11.5 Å². The first kappa shape index (κ1) is 15.0. The van der Waals surface area contributed by atoms with E-state index in [2.05, 4.69) is 41.5 Å². The molecule has 20 heavy (non-hydrogen) atoms. The number of hydrogen-bond donors (Lipinski definition) is 1. The summed E-state index contributed by atoms with van der Waals surface area (Å²) in [5.41, 5.74) is 2.59. The van der Waals surface area contributed by atoms with Crippen molar-refractivity contribution in [3.63, 3.8) is 0 Å². The summed E-state index contributed by atoms with van der Waals surface area (Å²) in [6.07, 6.45) is 6.93. The van der Waals surface area contributed by atoms with Gasteiger partial charge in [0, 0.05) is 23.5 Å². The van der Waals surface area contributed by atoms with Crippen LogP contribution in [0.25, 0.3) is 0 Å². The summed E-state index contributed by atoms with van der Waals surface area (Å²) < 4.78 is 0. The van der Waals surface area contributed by atoms with Crippen LogP contribution in [0.2, 0.25) is 5.02 Å². The van der Waals surface area contributed by atoms with Gasteiger partial charge in [-0.05, 0) is 61.2 Å². The Hall–Kier alpha value is -1.38. The average molecular weight is 289 g/mol. The lowest BCUT2D eigenvalue weighted by Gasteiger charge is -2.19. The van der Waals surface area contributed by atoms with Crippen molar-refractivity contribution in [2.24, 2.45) is 0 Å². The largest absolute Gasteiger partial charge is 0.310 e. The molecule has 1 unspecified atom stereocenters. The van der Waals surface area contributed by atoms with Gasteiger partial charge in [-0.1, -0.05) is 30.7 Å². The van der Waals surface area contributed by atoms with E-state index in [1.165, 1.54) is 11.1 Å². The van der Waals surface area contributed by atoms with E-state index in [-0.39, 0.29) is 0 Å². The molecule has 0 spiro atoms. The van der Waals surface area contributed by atoms with Crippen molar-refractivity contribution in [3.05, 3.63) is 64.9 Å². The molecule has 0 bridgehead atoms. The van der Waals surface area contributed by atoms with Gasteiger partial charge in [0.25, 0.3) is 0 Å². The minimum absolute atomic E-state index is 0.349. The normalized spacial score (nSPS) is 12.3. The lowest BCUT2D eigenvalue weighted by atomic mass is 9.99. The zero-order valence-corrected chi connectivity index (χ0v) is 12.6. The van der Waals surface area contributed by atoms with E-state index in [9.17, 15) is 0 Å². The fourth-order valence-electron chi connectivity index (χ4n) is 2.29. The summed E-state index contributed by atoms with van der Waals surface area (Å²) in [5, 5.41) is 4.41. The number of nitrogens with zero attached hydrogens (tertiary/aromatic N) is 1. The lowest BCUT2D eigenvalue weighted by Crippen LogP contribution is -2.22. The number of hydrogen-bond acceptors (Lipinski definition) is 2. The second-order valence-electron chi connectivity index (χ2n) is 4.96. The zero-order chi connectivity index (χ0) is 14.2. The molecule has 0 amide bonds. The summed E-state index contributed by atoms with van der Waals surface area (Å²) in [4.78, 5) is 4.06. The quantitative estimate of drug-likeness (QED) is 0.816. The Morgan fingerprint density at radius 1 is 1.20 bits per heavy atom. The average Bonchev–Trinajstić information content (AvgIpc) is 2.48. The fourth-order valence-corrected chi connectivity index (χ4v) is 2.49. The van der Waals surface area contributed by atoms with Crippen LogP contribution in [0.4, 0.5) is 0 Å². The molecule has 3 heteroatoms. The molecule has 0 aliphatic carbocycles. The molecule has 1 heterocycles. The second kappa shape index (κ2) is 8.03. The molecule has 2 aromatic rings. The highest BCUT2D eigenvalue weighted by Gasteiger charge is 2.11. The van der Waals surface area contributed by atoms with Crippen molar-refractivity contribution in [1.82, 2.24) is 10.3 Å². The third kappa shape index (κ3) is 4.62. The van der Waals surface area contributed by atoms with Gasteiger partial charge in [-0.25, -0.2) is 0 Å². The molecule has 0 fully saturated rings. The molecule has 0 saturated carbocycles. The first-order valence-electron chi connectivity index (χ1n) is 7.17. The van der Waals surface area contributed by atoms with Crippen molar-refractivity contribution in [1.29, 1.82) is 0 Å². The lowest BCUT2D eigenvalue weighted by molar-refractivity contribution is 0.499. The molecule has 1 N–H and O–H groups in total. The predicted molar refractivity (Wildman–Crippen MR) is 85.0 cm³/mol. The van der Waals surface area contributed by atoms with E-state index in [0.717, 1.165) is 30.8 Å². The molecule has 2 rings (SSSR count). The van der Waals surface area contributed by atoms with Crippen LogP contribution < -0.4 is 5.32 Å². The monoisotopic (exact) mass is 288 g/mol. The molecule has 0 aliphatic rings. The Kier molecular flexibility index (Phi) is 6.03. The summed E-state index contributed by atoms with van der Waals surface area (Å²) in [7, 11) is 0. The van der Waals surface area contributed by atoms with Gasteiger partial charge in [-0.15, -0.1) is 0 Å². The van der Waals surface area contributed by atoms with Crippen LogP contribution in [0.5, 0.6) is 0 Å². The van der Waals surface area contributed by atoms with E-state index in [0.29, 0.717) is 6.04 Å². The van der Waals surface area contributed by atoms with Crippen molar-refractivity contribution in [3.8, 4) is 0 Å². The zero-order valence-electron chi connectivity index (χ0n) is 11.8. The minimum Gasteiger partial charge on any atom is -0.310 e. The number of halogens is 1. The highest BCUT2D eigenvalue weighted by molar-refractivity contribution is 6.30. The van der Waals surface area contributed by atoms with E-state index in [4.69, 9.17) is 11.6 Å². The first-order chi connectivity index (χ1) is 9.79.